The number of benzene rings is 1. The highest BCUT2D eigenvalue weighted by atomic mass is 35.5. The van der Waals surface area contributed by atoms with Crippen LogP contribution in [-0.2, 0) is 0 Å². The second kappa shape index (κ2) is 8.14. The molecule has 0 bridgehead atoms. The third-order valence-electron chi connectivity index (χ3n) is 5.00. The number of aromatic hydroxyl groups is 1. The largest absolute Gasteiger partial charge is 0.492 e. The molecule has 3 heterocycles. The van der Waals surface area contributed by atoms with E-state index in [0.29, 0.717) is 27.4 Å². The lowest BCUT2D eigenvalue weighted by atomic mass is 10.0. The van der Waals surface area contributed by atoms with Crippen LogP contribution in [0.3, 0.4) is 0 Å². The Labute approximate surface area is 176 Å². The first-order chi connectivity index (χ1) is 13.5. The van der Waals surface area contributed by atoms with Gasteiger partial charge in [-0.3, -0.25) is 9.80 Å². The Hall–Kier alpha value is -1.42. The molecular weight excluding hydrogens is 421 g/mol. The molecule has 1 atom stereocenters. The number of hydrogen-bond acceptors (Lipinski definition) is 7. The minimum atomic E-state index is -0.181. The van der Waals surface area contributed by atoms with Crippen LogP contribution in [-0.4, -0.2) is 73.9 Å². The summed E-state index contributed by atoms with van der Waals surface area (Å²) in [6, 6.07) is 5.40. The molecule has 0 aliphatic carbocycles. The average molecular weight is 442 g/mol. The Morgan fingerprint density at radius 3 is 2.57 bits per heavy atom. The van der Waals surface area contributed by atoms with Gasteiger partial charge in [0.05, 0.1) is 27.6 Å². The van der Waals surface area contributed by atoms with Gasteiger partial charge in [0.25, 0.3) is 0 Å². The summed E-state index contributed by atoms with van der Waals surface area (Å²) in [6.07, 6.45) is 0. The van der Waals surface area contributed by atoms with E-state index in [4.69, 9.17) is 23.2 Å². The number of β-amino-alcohol motifs (C(OH)–C–C–N with tert-alkyl or cyclic N) is 1. The van der Waals surface area contributed by atoms with Gasteiger partial charge >= 0.3 is 0 Å². The smallest absolute Gasteiger partial charge is 0.230 e. The number of halogens is 2. The lowest BCUT2D eigenvalue weighted by Gasteiger charge is -2.39. The van der Waals surface area contributed by atoms with Gasteiger partial charge in [-0.25, -0.2) is 4.98 Å². The van der Waals surface area contributed by atoms with Crippen molar-refractivity contribution < 1.29 is 10.2 Å². The lowest BCUT2D eigenvalue weighted by molar-refractivity contribution is 0.0945. The summed E-state index contributed by atoms with van der Waals surface area (Å²) in [5, 5.41) is 25.3. The Balaban J connectivity index is 1.73. The topological polar surface area (TPSA) is 77.1 Å². The third kappa shape index (κ3) is 3.72. The maximum Gasteiger partial charge on any atom is 0.230 e. The van der Waals surface area contributed by atoms with Gasteiger partial charge in [0.2, 0.25) is 10.8 Å². The number of aliphatic hydroxyl groups is 1. The Bertz CT molecular complexity index is 984. The fourth-order valence-electron chi connectivity index (χ4n) is 3.62. The summed E-state index contributed by atoms with van der Waals surface area (Å²) in [5.74, 6) is 0.728. The van der Waals surface area contributed by atoms with E-state index in [0.717, 1.165) is 36.6 Å². The molecule has 0 amide bonds. The Morgan fingerprint density at radius 1 is 1.18 bits per heavy atom. The molecule has 1 aromatic carbocycles. The Morgan fingerprint density at radius 2 is 1.93 bits per heavy atom. The second-order valence-corrected chi connectivity index (χ2v) is 8.64. The average Bonchev–Trinajstić information content (AvgIpc) is 3.18. The molecule has 3 aromatic rings. The van der Waals surface area contributed by atoms with E-state index in [1.165, 1.54) is 15.9 Å². The number of nitrogens with zero attached hydrogens (tertiary/aromatic N) is 5. The number of rotatable bonds is 5. The highest BCUT2D eigenvalue weighted by molar-refractivity contribution is 7.17. The van der Waals surface area contributed by atoms with E-state index in [2.05, 4.69) is 19.9 Å². The van der Waals surface area contributed by atoms with E-state index in [1.807, 2.05) is 12.1 Å². The minimum Gasteiger partial charge on any atom is -0.492 e. The summed E-state index contributed by atoms with van der Waals surface area (Å²) >= 11 is 13.8. The van der Waals surface area contributed by atoms with Crippen LogP contribution in [0.1, 0.15) is 22.3 Å². The number of aromatic nitrogens is 3. The van der Waals surface area contributed by atoms with Gasteiger partial charge in [-0.2, -0.15) is 4.52 Å². The van der Waals surface area contributed by atoms with Crippen molar-refractivity contribution in [1.82, 2.24) is 24.4 Å². The number of hydrogen-bond donors (Lipinski definition) is 2. The molecule has 150 valence electrons. The Kier molecular flexibility index (Phi) is 5.78. The number of aliphatic hydroxyl groups excluding tert-OH is 1. The van der Waals surface area contributed by atoms with Crippen LogP contribution in [0.15, 0.2) is 18.2 Å². The van der Waals surface area contributed by atoms with Gasteiger partial charge < -0.3 is 10.2 Å². The van der Waals surface area contributed by atoms with Crippen LogP contribution in [0, 0.1) is 6.92 Å². The molecule has 2 aromatic heterocycles. The summed E-state index contributed by atoms with van der Waals surface area (Å²) in [6.45, 7) is 5.93. The summed E-state index contributed by atoms with van der Waals surface area (Å²) < 4.78 is 1.49. The van der Waals surface area contributed by atoms with Crippen molar-refractivity contribution in [1.29, 1.82) is 0 Å². The summed E-state index contributed by atoms with van der Waals surface area (Å²) in [5.41, 5.74) is 0.960. The number of piperazine rings is 1. The molecule has 1 aliphatic heterocycles. The molecule has 0 spiro atoms. The predicted octanol–water partition coefficient (Wildman–Crippen LogP) is 2.81. The molecule has 4 rings (SSSR count). The van der Waals surface area contributed by atoms with Gasteiger partial charge in [0.1, 0.15) is 5.82 Å². The molecular formula is C18H21Cl2N5O2S. The molecule has 1 aliphatic rings. The van der Waals surface area contributed by atoms with Crippen molar-refractivity contribution in [2.24, 2.45) is 0 Å². The first-order valence-electron chi connectivity index (χ1n) is 9.05. The van der Waals surface area contributed by atoms with Crippen molar-refractivity contribution in [3.8, 4) is 5.88 Å². The van der Waals surface area contributed by atoms with Crippen molar-refractivity contribution >= 4 is 39.5 Å². The molecule has 0 saturated carbocycles. The van der Waals surface area contributed by atoms with Gasteiger partial charge in [0, 0.05) is 32.7 Å². The molecule has 0 unspecified atom stereocenters. The van der Waals surface area contributed by atoms with Crippen LogP contribution in [0.25, 0.3) is 4.96 Å². The van der Waals surface area contributed by atoms with E-state index in [9.17, 15) is 10.2 Å². The molecule has 2 N–H and O–H groups in total. The quantitative estimate of drug-likeness (QED) is 0.633. The second-order valence-electron chi connectivity index (χ2n) is 6.82. The van der Waals surface area contributed by atoms with Gasteiger partial charge in [-0.1, -0.05) is 40.6 Å². The normalized spacial score (nSPS) is 17.4. The standard InChI is InChI=1S/C18H21Cl2N5O2S/c1-11-21-18-25(22-11)17(27)16(28-18)15(12-2-3-13(19)14(20)10-12)24-6-4-23(5-7-24)8-9-26/h2-3,10,15,26-27H,4-9H2,1H3/t15-/m1/s1. The zero-order valence-corrected chi connectivity index (χ0v) is 17.7. The summed E-state index contributed by atoms with van der Waals surface area (Å²) in [7, 11) is 0. The SMILES string of the molecule is Cc1nc2sc([C@@H](c3ccc(Cl)c(Cl)c3)N3CCN(CCO)CC3)c(O)n2n1. The van der Waals surface area contributed by atoms with Crippen molar-refractivity contribution in [3.05, 3.63) is 44.5 Å². The first-order valence-corrected chi connectivity index (χ1v) is 10.6. The predicted molar refractivity (Wildman–Crippen MR) is 111 cm³/mol. The molecule has 7 nitrogen and oxygen atoms in total. The molecule has 10 heteroatoms. The zero-order chi connectivity index (χ0) is 19.8. The van der Waals surface area contributed by atoms with Crippen LogP contribution < -0.4 is 0 Å². The molecule has 0 radical (unpaired) electrons. The van der Waals surface area contributed by atoms with Gasteiger partial charge in [0.15, 0.2) is 0 Å². The van der Waals surface area contributed by atoms with E-state index in [1.54, 1.807) is 13.0 Å². The fourth-order valence-corrected chi connectivity index (χ4v) is 5.09. The first kappa shape index (κ1) is 19.9. The molecule has 1 fully saturated rings. The van der Waals surface area contributed by atoms with E-state index >= 15 is 0 Å². The number of aryl methyl sites for hydroxylation is 1. The highest BCUT2D eigenvalue weighted by Crippen LogP contribution is 2.41. The van der Waals surface area contributed by atoms with Crippen molar-refractivity contribution in [2.75, 3.05) is 39.3 Å². The van der Waals surface area contributed by atoms with Gasteiger partial charge in [-0.05, 0) is 24.6 Å². The maximum atomic E-state index is 10.9. The molecule has 1 saturated heterocycles. The van der Waals surface area contributed by atoms with E-state index < -0.39 is 0 Å². The van der Waals surface area contributed by atoms with Crippen molar-refractivity contribution in [3.63, 3.8) is 0 Å². The van der Waals surface area contributed by atoms with E-state index in [-0.39, 0.29) is 18.5 Å². The number of thiazole rings is 1. The van der Waals surface area contributed by atoms with Crippen LogP contribution in [0.4, 0.5) is 0 Å². The van der Waals surface area contributed by atoms with Crippen LogP contribution in [0.5, 0.6) is 5.88 Å². The minimum absolute atomic E-state index is 0.106. The lowest BCUT2D eigenvalue weighted by Crippen LogP contribution is -2.48. The van der Waals surface area contributed by atoms with Crippen LogP contribution in [0.2, 0.25) is 10.0 Å². The summed E-state index contributed by atoms with van der Waals surface area (Å²) in [4.78, 5) is 10.4. The number of fused-ring (bicyclic) bond motifs is 1. The molecule has 28 heavy (non-hydrogen) atoms. The highest BCUT2D eigenvalue weighted by Gasteiger charge is 2.31. The zero-order valence-electron chi connectivity index (χ0n) is 15.3. The third-order valence-corrected chi connectivity index (χ3v) is 6.81. The fraction of sp³-hybridized carbons (Fsp3) is 0.444. The van der Waals surface area contributed by atoms with Crippen LogP contribution >= 0.6 is 34.5 Å². The van der Waals surface area contributed by atoms with Gasteiger partial charge in [-0.15, -0.1) is 5.10 Å². The maximum absolute atomic E-state index is 10.9. The monoisotopic (exact) mass is 441 g/mol. The van der Waals surface area contributed by atoms with Crippen molar-refractivity contribution in [2.45, 2.75) is 13.0 Å².